The third-order valence-corrected chi connectivity index (χ3v) is 13.6. The van der Waals surface area contributed by atoms with Crippen LogP contribution in [0.25, 0.3) is 10.1 Å². The highest BCUT2D eigenvalue weighted by Gasteiger charge is 2.52. The van der Waals surface area contributed by atoms with Crippen LogP contribution in [0.1, 0.15) is 47.2 Å². The molecule has 0 amide bonds. The van der Waals surface area contributed by atoms with Gasteiger partial charge < -0.3 is 0 Å². The number of benzene rings is 3. The molecule has 2 atom stereocenters. The van der Waals surface area contributed by atoms with Crippen molar-refractivity contribution in [3.05, 3.63) is 112 Å². The minimum atomic E-state index is -2.26. The first-order chi connectivity index (χ1) is 14.5. The molecule has 2 aliphatic carbocycles. The molecule has 150 valence electrons. The molecule has 0 bridgehead atoms. The normalized spacial score (nSPS) is 22.2. The Bertz CT molecular complexity index is 1130. The molecule has 0 radical (unpaired) electrons. The van der Waals surface area contributed by atoms with Crippen molar-refractivity contribution < 1.29 is 0 Å². The zero-order chi connectivity index (χ0) is 21.0. The Labute approximate surface area is 189 Å². The van der Waals surface area contributed by atoms with E-state index in [1.165, 1.54) is 38.6 Å². The summed E-state index contributed by atoms with van der Waals surface area (Å²) in [4.78, 5) is 0. The quantitative estimate of drug-likeness (QED) is 0.363. The van der Waals surface area contributed by atoms with Crippen LogP contribution in [0.4, 0.5) is 0 Å². The molecule has 0 nitrogen and oxygen atoms in total. The fraction of sp³-hybridized carbons (Fsp3) is 0.185. The average Bonchev–Trinajstić information content (AvgIpc) is 3.19. The van der Waals surface area contributed by atoms with Gasteiger partial charge in [0.25, 0.3) is 0 Å². The minimum Gasteiger partial charge on any atom is -0.0837 e. The molecule has 0 saturated heterocycles. The summed E-state index contributed by atoms with van der Waals surface area (Å²) in [6.45, 7) is 6.98. The highest BCUT2D eigenvalue weighted by atomic mass is 35.5. The van der Waals surface area contributed by atoms with Gasteiger partial charge in [-0.1, -0.05) is 114 Å². The van der Waals surface area contributed by atoms with E-state index < -0.39 is 8.07 Å². The summed E-state index contributed by atoms with van der Waals surface area (Å²) in [5.74, 6) is 0. The van der Waals surface area contributed by atoms with E-state index >= 15 is 0 Å². The Kier molecular flexibility index (Phi) is 4.81. The zero-order valence-electron chi connectivity index (χ0n) is 17.4. The van der Waals surface area contributed by atoms with E-state index in [1.807, 2.05) is 0 Å². The van der Waals surface area contributed by atoms with Crippen molar-refractivity contribution in [2.24, 2.45) is 0 Å². The van der Waals surface area contributed by atoms with Gasteiger partial charge in [0.1, 0.15) is 8.07 Å². The van der Waals surface area contributed by atoms with Crippen LogP contribution in [-0.4, -0.2) is 8.07 Å². The maximum absolute atomic E-state index is 6.92. The molecular weight excluding hydrogens is 423 g/mol. The van der Waals surface area contributed by atoms with Crippen molar-refractivity contribution in [1.82, 2.24) is 0 Å². The molecule has 0 spiro atoms. The third-order valence-electron chi connectivity index (χ3n) is 7.17. The van der Waals surface area contributed by atoms with Gasteiger partial charge in [-0.3, -0.25) is 0 Å². The molecule has 2 aliphatic rings. The van der Waals surface area contributed by atoms with Crippen molar-refractivity contribution in [2.45, 2.75) is 31.5 Å². The van der Waals surface area contributed by atoms with Crippen LogP contribution >= 0.6 is 23.2 Å². The van der Waals surface area contributed by atoms with Gasteiger partial charge in [-0.2, -0.15) is 0 Å². The van der Waals surface area contributed by atoms with Gasteiger partial charge in [-0.25, -0.2) is 0 Å². The monoisotopic (exact) mass is 446 g/mol. The summed E-state index contributed by atoms with van der Waals surface area (Å²) in [5.41, 5.74) is 8.31. The summed E-state index contributed by atoms with van der Waals surface area (Å²) >= 11 is 13.8. The van der Waals surface area contributed by atoms with E-state index in [2.05, 4.69) is 99.3 Å². The predicted molar refractivity (Wildman–Crippen MR) is 133 cm³/mol. The third kappa shape index (κ3) is 2.66. The minimum absolute atomic E-state index is 0.305. The van der Waals surface area contributed by atoms with Gasteiger partial charge in [0.05, 0.1) is 0 Å². The molecule has 0 heterocycles. The zero-order valence-corrected chi connectivity index (χ0v) is 19.9. The molecule has 3 aromatic carbocycles. The van der Waals surface area contributed by atoms with Crippen molar-refractivity contribution in [3.63, 3.8) is 0 Å². The fourth-order valence-electron chi connectivity index (χ4n) is 5.88. The number of hydrogen-bond donors (Lipinski definition) is 0. The summed E-state index contributed by atoms with van der Waals surface area (Å²) in [6, 6.07) is 28.4. The largest absolute Gasteiger partial charge is 0.107 e. The lowest BCUT2D eigenvalue weighted by Crippen LogP contribution is -2.56. The summed E-state index contributed by atoms with van der Waals surface area (Å²) in [6.07, 6.45) is 0. The molecule has 0 aromatic heterocycles. The second kappa shape index (κ2) is 7.27. The number of rotatable bonds is 3. The average molecular weight is 447 g/mol. The summed E-state index contributed by atoms with van der Waals surface area (Å²) in [7, 11) is -2.26. The molecule has 0 fully saturated rings. The fourth-order valence-corrected chi connectivity index (χ4v) is 12.4. The van der Waals surface area contributed by atoms with Crippen molar-refractivity contribution in [3.8, 4) is 0 Å². The van der Waals surface area contributed by atoms with E-state index in [1.54, 1.807) is 0 Å². The van der Waals surface area contributed by atoms with Crippen molar-refractivity contribution in [2.75, 3.05) is 0 Å². The molecule has 0 N–H and O–H groups in total. The maximum atomic E-state index is 6.92. The molecular formula is C27H24Cl2Si. The molecule has 3 heteroatoms. The SMILES string of the molecule is CC1=C(Cl)c2ccccc2C1[Si](C)(c1ccccc1)C1C(C)=C(Cl)c2ccccc21. The first-order valence-electron chi connectivity index (χ1n) is 10.4. The van der Waals surface area contributed by atoms with Crippen LogP contribution < -0.4 is 5.19 Å². The lowest BCUT2D eigenvalue weighted by Gasteiger charge is -2.42. The molecule has 5 rings (SSSR count). The van der Waals surface area contributed by atoms with Gasteiger partial charge in [0.15, 0.2) is 0 Å². The molecule has 0 saturated carbocycles. The van der Waals surface area contributed by atoms with E-state index in [9.17, 15) is 0 Å². The molecule has 0 aliphatic heterocycles. The van der Waals surface area contributed by atoms with Crippen molar-refractivity contribution >= 4 is 46.5 Å². The van der Waals surface area contributed by atoms with E-state index in [4.69, 9.17) is 23.2 Å². The standard InChI is InChI=1S/C27H24Cl2Si/c1-17-24(28)20-13-7-9-15-22(20)26(17)30(3,19-11-5-4-6-12-19)27-18(2)25(29)21-14-8-10-16-23(21)27/h4-16,26-27H,1-3H3. The molecule has 3 aromatic rings. The first-order valence-corrected chi connectivity index (χ1v) is 13.8. The number of halogens is 2. The number of hydrogen-bond acceptors (Lipinski definition) is 0. The second-order valence-electron chi connectivity index (χ2n) is 8.68. The first kappa shape index (κ1) is 19.9. The van der Waals surface area contributed by atoms with Gasteiger partial charge in [-0.05, 0) is 47.2 Å². The Morgan fingerprint density at radius 2 is 1.00 bits per heavy atom. The van der Waals surface area contributed by atoms with Crippen LogP contribution in [0.5, 0.6) is 0 Å². The van der Waals surface area contributed by atoms with Crippen molar-refractivity contribution in [1.29, 1.82) is 0 Å². The Morgan fingerprint density at radius 3 is 1.47 bits per heavy atom. The summed E-state index contributed by atoms with van der Waals surface area (Å²) < 4.78 is 0. The van der Waals surface area contributed by atoms with Crippen LogP contribution in [0.15, 0.2) is 90.0 Å². The van der Waals surface area contributed by atoms with Crippen LogP contribution in [0.3, 0.4) is 0 Å². The van der Waals surface area contributed by atoms with Crippen LogP contribution in [-0.2, 0) is 0 Å². The topological polar surface area (TPSA) is 0 Å². The van der Waals surface area contributed by atoms with E-state index in [-0.39, 0.29) is 0 Å². The van der Waals surface area contributed by atoms with E-state index in [0.717, 1.165) is 10.1 Å². The smallest absolute Gasteiger partial charge is 0.0837 e. The lowest BCUT2D eigenvalue weighted by atomic mass is 10.1. The van der Waals surface area contributed by atoms with Gasteiger partial charge in [0, 0.05) is 21.1 Å². The Morgan fingerprint density at radius 1 is 0.600 bits per heavy atom. The molecule has 2 unspecified atom stereocenters. The maximum Gasteiger partial charge on any atom is 0.107 e. The lowest BCUT2D eigenvalue weighted by molar-refractivity contribution is 0.979. The van der Waals surface area contributed by atoms with Gasteiger partial charge >= 0.3 is 0 Å². The predicted octanol–water partition coefficient (Wildman–Crippen LogP) is 7.59. The highest BCUT2D eigenvalue weighted by Crippen LogP contribution is 2.56. The van der Waals surface area contributed by atoms with Crippen LogP contribution in [0.2, 0.25) is 6.55 Å². The van der Waals surface area contributed by atoms with Gasteiger partial charge in [0.2, 0.25) is 0 Å². The Hall–Kier alpha value is -2.06. The van der Waals surface area contributed by atoms with Crippen LogP contribution in [0, 0.1) is 0 Å². The second-order valence-corrected chi connectivity index (χ2v) is 13.7. The van der Waals surface area contributed by atoms with Gasteiger partial charge in [-0.15, -0.1) is 0 Å². The number of allylic oxidation sites excluding steroid dienone is 2. The van der Waals surface area contributed by atoms with E-state index in [0.29, 0.717) is 11.1 Å². The highest BCUT2D eigenvalue weighted by molar-refractivity contribution is 6.94. The number of fused-ring (bicyclic) bond motifs is 2. The summed E-state index contributed by atoms with van der Waals surface area (Å²) in [5, 5.41) is 3.29. The molecule has 30 heavy (non-hydrogen) atoms. The Balaban J connectivity index is 1.83.